The van der Waals surface area contributed by atoms with E-state index in [4.69, 9.17) is 0 Å². The zero-order valence-electron chi connectivity index (χ0n) is 17.3. The van der Waals surface area contributed by atoms with Crippen molar-refractivity contribution >= 4 is 5.91 Å². The summed E-state index contributed by atoms with van der Waals surface area (Å²) in [5.74, 6) is -0.304. The molecule has 2 heterocycles. The first kappa shape index (κ1) is 22.0. The summed E-state index contributed by atoms with van der Waals surface area (Å²) < 4.78 is 40.7. The molecule has 0 saturated carbocycles. The lowest BCUT2D eigenvalue weighted by molar-refractivity contribution is -0.137. The summed E-state index contributed by atoms with van der Waals surface area (Å²) in [6, 6.07) is 14.6. The number of aryl methyl sites for hydroxylation is 2. The minimum Gasteiger partial charge on any atom is -0.385 e. The summed E-state index contributed by atoms with van der Waals surface area (Å²) in [7, 11) is 0. The summed E-state index contributed by atoms with van der Waals surface area (Å²) in [6.45, 7) is 1.00. The second-order valence-electron chi connectivity index (χ2n) is 8.00. The SMILES string of the molecule is O=C(c1cn(CCc2ccccc2)nn1)N1CCC(O)(c2cccc(C(F)(F)F)c2)CC1. The number of alkyl halides is 3. The van der Waals surface area contributed by atoms with Gasteiger partial charge in [-0.2, -0.15) is 13.2 Å². The molecule has 1 amide bonds. The zero-order valence-corrected chi connectivity index (χ0v) is 17.3. The maximum Gasteiger partial charge on any atom is 0.416 e. The van der Waals surface area contributed by atoms with E-state index in [2.05, 4.69) is 10.3 Å². The molecule has 168 valence electrons. The van der Waals surface area contributed by atoms with Crippen molar-refractivity contribution < 1.29 is 23.1 Å². The van der Waals surface area contributed by atoms with Crippen LogP contribution in [-0.2, 0) is 24.7 Å². The number of hydrogen-bond donors (Lipinski definition) is 1. The van der Waals surface area contributed by atoms with Crippen molar-refractivity contribution in [3.05, 3.63) is 83.2 Å². The quantitative estimate of drug-likeness (QED) is 0.652. The smallest absolute Gasteiger partial charge is 0.385 e. The van der Waals surface area contributed by atoms with Gasteiger partial charge in [0.25, 0.3) is 5.91 Å². The second kappa shape index (κ2) is 8.74. The summed E-state index contributed by atoms with van der Waals surface area (Å²) in [5.41, 5.74) is -0.630. The Morgan fingerprint density at radius 2 is 1.78 bits per heavy atom. The minimum absolute atomic E-state index is 0.141. The summed E-state index contributed by atoms with van der Waals surface area (Å²) in [4.78, 5) is 14.3. The fourth-order valence-corrected chi connectivity index (χ4v) is 3.91. The average molecular weight is 444 g/mol. The van der Waals surface area contributed by atoms with Crippen LogP contribution in [0.5, 0.6) is 0 Å². The number of hydrogen-bond acceptors (Lipinski definition) is 4. The summed E-state index contributed by atoms with van der Waals surface area (Å²) in [6.07, 6.45) is -1.84. The number of benzene rings is 2. The van der Waals surface area contributed by atoms with Gasteiger partial charge in [0.05, 0.1) is 17.4 Å². The van der Waals surface area contributed by atoms with Crippen LogP contribution in [0.15, 0.2) is 60.8 Å². The normalized spacial score (nSPS) is 16.2. The lowest BCUT2D eigenvalue weighted by Crippen LogP contribution is -2.45. The van der Waals surface area contributed by atoms with Gasteiger partial charge in [0.1, 0.15) is 0 Å². The van der Waals surface area contributed by atoms with Crippen molar-refractivity contribution in [2.75, 3.05) is 13.1 Å². The summed E-state index contributed by atoms with van der Waals surface area (Å²) >= 11 is 0. The molecule has 1 aromatic heterocycles. The summed E-state index contributed by atoms with van der Waals surface area (Å²) in [5, 5.41) is 18.9. The van der Waals surface area contributed by atoms with Gasteiger partial charge in [0.15, 0.2) is 5.69 Å². The molecular formula is C23H23F3N4O2. The first-order valence-corrected chi connectivity index (χ1v) is 10.4. The van der Waals surface area contributed by atoms with Gasteiger partial charge < -0.3 is 10.0 Å². The molecule has 0 unspecified atom stereocenters. The molecule has 3 aromatic rings. The van der Waals surface area contributed by atoms with E-state index in [1.165, 1.54) is 12.1 Å². The number of rotatable bonds is 5. The molecule has 0 aliphatic carbocycles. The molecule has 1 saturated heterocycles. The highest BCUT2D eigenvalue weighted by atomic mass is 19.4. The molecule has 1 fully saturated rings. The number of piperidine rings is 1. The van der Waals surface area contributed by atoms with Crippen LogP contribution in [0, 0.1) is 0 Å². The van der Waals surface area contributed by atoms with Gasteiger partial charge in [0, 0.05) is 19.6 Å². The van der Waals surface area contributed by atoms with E-state index in [-0.39, 0.29) is 43.1 Å². The molecule has 6 nitrogen and oxygen atoms in total. The Morgan fingerprint density at radius 1 is 1.06 bits per heavy atom. The third-order valence-corrected chi connectivity index (χ3v) is 5.84. The molecule has 4 rings (SSSR count). The van der Waals surface area contributed by atoms with Gasteiger partial charge in [-0.05, 0) is 42.5 Å². The number of aliphatic hydroxyl groups is 1. The van der Waals surface area contributed by atoms with Crippen molar-refractivity contribution in [1.82, 2.24) is 19.9 Å². The topological polar surface area (TPSA) is 71.2 Å². The van der Waals surface area contributed by atoms with Gasteiger partial charge in [0.2, 0.25) is 0 Å². The van der Waals surface area contributed by atoms with E-state index < -0.39 is 17.3 Å². The van der Waals surface area contributed by atoms with Crippen LogP contribution in [0.3, 0.4) is 0 Å². The molecular weight excluding hydrogens is 421 g/mol. The highest BCUT2D eigenvalue weighted by Gasteiger charge is 2.38. The molecule has 1 aliphatic heterocycles. The Hall–Kier alpha value is -3.20. The Morgan fingerprint density at radius 3 is 2.47 bits per heavy atom. The fourth-order valence-electron chi connectivity index (χ4n) is 3.91. The van der Waals surface area contributed by atoms with Crippen LogP contribution in [0.1, 0.15) is 40.0 Å². The van der Waals surface area contributed by atoms with Gasteiger partial charge >= 0.3 is 6.18 Å². The maximum absolute atomic E-state index is 13.0. The van der Waals surface area contributed by atoms with Crippen LogP contribution in [0.4, 0.5) is 13.2 Å². The maximum atomic E-state index is 13.0. The van der Waals surface area contributed by atoms with Crippen molar-refractivity contribution in [2.24, 2.45) is 0 Å². The van der Waals surface area contributed by atoms with E-state index in [9.17, 15) is 23.1 Å². The standard InChI is InChI=1S/C23H23F3N4O2/c24-23(25,26)19-8-4-7-18(15-19)22(32)10-13-29(14-11-22)21(31)20-16-30(28-27-20)12-9-17-5-2-1-3-6-17/h1-8,15-16,32H,9-14H2. The molecule has 32 heavy (non-hydrogen) atoms. The van der Waals surface area contributed by atoms with Gasteiger partial charge in [-0.25, -0.2) is 0 Å². The predicted octanol–water partition coefficient (Wildman–Crippen LogP) is 3.66. The van der Waals surface area contributed by atoms with Crippen LogP contribution in [0.2, 0.25) is 0 Å². The number of halogens is 3. The van der Waals surface area contributed by atoms with Gasteiger partial charge in [-0.3, -0.25) is 9.48 Å². The lowest BCUT2D eigenvalue weighted by atomic mass is 9.83. The van der Waals surface area contributed by atoms with Crippen molar-refractivity contribution in [2.45, 2.75) is 37.6 Å². The predicted molar refractivity (Wildman–Crippen MR) is 111 cm³/mol. The molecule has 0 atom stereocenters. The molecule has 9 heteroatoms. The Balaban J connectivity index is 1.37. The Kier molecular flexibility index (Phi) is 6.01. The van der Waals surface area contributed by atoms with Crippen LogP contribution in [-0.4, -0.2) is 44.0 Å². The van der Waals surface area contributed by atoms with E-state index in [1.807, 2.05) is 30.3 Å². The lowest BCUT2D eigenvalue weighted by Gasteiger charge is -2.38. The number of carbonyl (C=O) groups is 1. The van der Waals surface area contributed by atoms with Crippen molar-refractivity contribution in [3.8, 4) is 0 Å². The highest BCUT2D eigenvalue weighted by Crippen LogP contribution is 2.36. The third kappa shape index (κ3) is 4.83. The Bertz CT molecular complexity index is 1070. The Labute approximate surface area is 183 Å². The number of aromatic nitrogens is 3. The van der Waals surface area contributed by atoms with Gasteiger partial charge in [-0.1, -0.05) is 47.7 Å². The first-order valence-electron chi connectivity index (χ1n) is 10.4. The van der Waals surface area contributed by atoms with E-state index >= 15 is 0 Å². The molecule has 1 N–H and O–H groups in total. The fraction of sp³-hybridized carbons (Fsp3) is 0.348. The minimum atomic E-state index is -4.48. The largest absolute Gasteiger partial charge is 0.416 e. The number of likely N-dealkylation sites (tertiary alicyclic amines) is 1. The van der Waals surface area contributed by atoms with Crippen molar-refractivity contribution in [1.29, 1.82) is 0 Å². The van der Waals surface area contributed by atoms with Crippen molar-refractivity contribution in [3.63, 3.8) is 0 Å². The third-order valence-electron chi connectivity index (χ3n) is 5.84. The molecule has 0 spiro atoms. The molecule has 1 aliphatic rings. The first-order chi connectivity index (χ1) is 15.2. The average Bonchev–Trinajstić information content (AvgIpc) is 3.27. The van der Waals surface area contributed by atoms with Crippen LogP contribution >= 0.6 is 0 Å². The van der Waals surface area contributed by atoms with E-state index in [0.29, 0.717) is 6.54 Å². The monoisotopic (exact) mass is 444 g/mol. The number of nitrogens with zero attached hydrogens (tertiary/aromatic N) is 4. The number of amides is 1. The second-order valence-corrected chi connectivity index (χ2v) is 8.00. The van der Waals surface area contributed by atoms with Crippen LogP contribution in [0.25, 0.3) is 0 Å². The number of carbonyl (C=O) groups excluding carboxylic acids is 1. The molecule has 0 bridgehead atoms. The van der Waals surface area contributed by atoms with Gasteiger partial charge in [-0.15, -0.1) is 5.10 Å². The van der Waals surface area contributed by atoms with Crippen LogP contribution < -0.4 is 0 Å². The van der Waals surface area contributed by atoms with E-state index in [1.54, 1.807) is 15.8 Å². The zero-order chi connectivity index (χ0) is 22.8. The van der Waals surface area contributed by atoms with E-state index in [0.717, 1.165) is 24.1 Å². The molecule has 2 aromatic carbocycles. The highest BCUT2D eigenvalue weighted by molar-refractivity contribution is 5.92. The molecule has 0 radical (unpaired) electrons.